The van der Waals surface area contributed by atoms with Crippen molar-refractivity contribution in [1.82, 2.24) is 9.88 Å². The van der Waals surface area contributed by atoms with Crippen molar-refractivity contribution in [3.8, 4) is 0 Å². The van der Waals surface area contributed by atoms with Crippen LogP contribution >= 0.6 is 11.6 Å². The molecule has 9 heteroatoms. The molecule has 0 aliphatic carbocycles. The summed E-state index contributed by atoms with van der Waals surface area (Å²) in [7, 11) is -2.25. The van der Waals surface area contributed by atoms with Gasteiger partial charge in [-0.1, -0.05) is 50.6 Å². The fraction of sp³-hybridized carbons (Fsp3) is 0.552. The third kappa shape index (κ3) is 7.36. The molecule has 1 aliphatic heterocycles. The van der Waals surface area contributed by atoms with Gasteiger partial charge in [-0.25, -0.2) is 14.6 Å². The standard InChI is InChI=1S/C29H41ClN2O5Si/c1-28(2,3)36-27(35)32-22(17-19-9-11-20(12-10-19)26(33)34)14-15-23(32)25(21-13-16-24(30)31-18-21)37-38(7,8)29(4,5)6/h9-13,16,18,22-23,25H,14-15,17H2,1-8H3,(H,33,34)/t22?,23-,25-/m1/s1. The number of hydrogen-bond donors (Lipinski definition) is 1. The Kier molecular flexibility index (Phi) is 9.01. The average Bonchev–Trinajstić information content (AvgIpc) is 3.20. The Balaban J connectivity index is 2.01. The summed E-state index contributed by atoms with van der Waals surface area (Å²) < 4.78 is 12.9. The van der Waals surface area contributed by atoms with Crippen LogP contribution in [0.3, 0.4) is 0 Å². The molecule has 1 saturated heterocycles. The summed E-state index contributed by atoms with van der Waals surface area (Å²) in [4.78, 5) is 31.2. The number of aromatic carboxylic acids is 1. The van der Waals surface area contributed by atoms with E-state index in [9.17, 15) is 14.7 Å². The molecule has 1 fully saturated rings. The van der Waals surface area contributed by atoms with Crippen molar-refractivity contribution in [3.63, 3.8) is 0 Å². The first-order chi connectivity index (χ1) is 17.5. The molecular weight excluding hydrogens is 520 g/mol. The number of carboxylic acids is 1. The second-order valence-electron chi connectivity index (χ2n) is 12.6. The zero-order valence-electron chi connectivity index (χ0n) is 23.7. The van der Waals surface area contributed by atoms with E-state index in [1.165, 1.54) is 0 Å². The van der Waals surface area contributed by atoms with Gasteiger partial charge in [0.15, 0.2) is 8.32 Å². The summed E-state index contributed by atoms with van der Waals surface area (Å²) in [5.74, 6) is -0.963. The van der Waals surface area contributed by atoms with Gasteiger partial charge in [0.2, 0.25) is 0 Å². The van der Waals surface area contributed by atoms with Gasteiger partial charge in [-0.3, -0.25) is 4.90 Å². The van der Waals surface area contributed by atoms with E-state index in [1.807, 2.05) is 43.9 Å². The van der Waals surface area contributed by atoms with Crippen LogP contribution in [0.25, 0.3) is 0 Å². The SMILES string of the molecule is CC(C)(C)OC(=O)N1C(Cc2ccc(C(=O)O)cc2)CC[C@@H]1[C@H](O[Si](C)(C)C(C)(C)C)c1ccc(Cl)nc1. The van der Waals surface area contributed by atoms with Crippen molar-refractivity contribution in [3.05, 3.63) is 64.4 Å². The van der Waals surface area contributed by atoms with E-state index in [0.29, 0.717) is 11.6 Å². The molecule has 1 amide bonds. The number of carbonyl (C=O) groups excluding carboxylic acids is 1. The van der Waals surface area contributed by atoms with Crippen LogP contribution in [0.5, 0.6) is 0 Å². The average molecular weight is 561 g/mol. The van der Waals surface area contributed by atoms with Gasteiger partial charge in [0.1, 0.15) is 10.8 Å². The number of ether oxygens (including phenoxy) is 1. The first-order valence-corrected chi connectivity index (χ1v) is 16.4. The lowest BCUT2D eigenvalue weighted by molar-refractivity contribution is -0.00244. The summed E-state index contributed by atoms with van der Waals surface area (Å²) in [5.41, 5.74) is 1.42. The normalized spacial score (nSPS) is 19.3. The second-order valence-corrected chi connectivity index (χ2v) is 17.7. The molecular formula is C29H41ClN2O5Si. The van der Waals surface area contributed by atoms with Crippen molar-refractivity contribution in [2.45, 2.75) is 103 Å². The Bertz CT molecular complexity index is 1120. The van der Waals surface area contributed by atoms with Crippen molar-refractivity contribution in [2.24, 2.45) is 0 Å². The van der Waals surface area contributed by atoms with Gasteiger partial charge < -0.3 is 14.3 Å². The van der Waals surface area contributed by atoms with Crippen LogP contribution in [0.15, 0.2) is 42.6 Å². The molecule has 2 heterocycles. The molecule has 0 saturated carbocycles. The van der Waals surface area contributed by atoms with Gasteiger partial charge in [0.05, 0.1) is 17.7 Å². The second kappa shape index (κ2) is 11.4. The first kappa shape index (κ1) is 30.1. The highest BCUT2D eigenvalue weighted by Gasteiger charge is 2.47. The molecule has 1 aromatic carbocycles. The minimum Gasteiger partial charge on any atom is -0.478 e. The van der Waals surface area contributed by atoms with Gasteiger partial charge in [0, 0.05) is 17.8 Å². The zero-order chi connectivity index (χ0) is 28.5. The van der Waals surface area contributed by atoms with Crippen LogP contribution < -0.4 is 0 Å². The molecule has 1 N–H and O–H groups in total. The number of amides is 1. The van der Waals surface area contributed by atoms with Gasteiger partial charge >= 0.3 is 12.1 Å². The number of aromatic nitrogens is 1. The van der Waals surface area contributed by atoms with E-state index >= 15 is 0 Å². The van der Waals surface area contributed by atoms with Crippen molar-refractivity contribution >= 4 is 32.0 Å². The molecule has 1 aromatic heterocycles. The van der Waals surface area contributed by atoms with Crippen molar-refractivity contribution in [2.75, 3.05) is 0 Å². The zero-order valence-corrected chi connectivity index (χ0v) is 25.5. The third-order valence-electron chi connectivity index (χ3n) is 7.48. The van der Waals surface area contributed by atoms with E-state index in [-0.39, 0.29) is 28.8 Å². The van der Waals surface area contributed by atoms with Crippen molar-refractivity contribution < 1.29 is 23.9 Å². The van der Waals surface area contributed by atoms with Crippen LogP contribution in [0.2, 0.25) is 23.3 Å². The van der Waals surface area contributed by atoms with Crippen LogP contribution in [0.1, 0.15) is 82.0 Å². The van der Waals surface area contributed by atoms with Gasteiger partial charge in [-0.15, -0.1) is 0 Å². The molecule has 3 atom stereocenters. The van der Waals surface area contributed by atoms with Crippen molar-refractivity contribution in [1.29, 1.82) is 0 Å². The Morgan fingerprint density at radius 2 is 1.71 bits per heavy atom. The summed E-state index contributed by atoms with van der Waals surface area (Å²) in [6.07, 6.45) is 3.06. The topological polar surface area (TPSA) is 89.0 Å². The highest BCUT2D eigenvalue weighted by molar-refractivity contribution is 6.74. The van der Waals surface area contributed by atoms with Crippen LogP contribution in [0, 0.1) is 0 Å². The number of rotatable bonds is 7. The summed E-state index contributed by atoms with van der Waals surface area (Å²) >= 11 is 6.11. The van der Waals surface area contributed by atoms with E-state index in [2.05, 4.69) is 38.8 Å². The number of pyridine rings is 1. The maximum atomic E-state index is 13.7. The predicted octanol–water partition coefficient (Wildman–Crippen LogP) is 7.51. The molecule has 208 valence electrons. The molecule has 38 heavy (non-hydrogen) atoms. The third-order valence-corrected chi connectivity index (χ3v) is 12.2. The molecule has 0 radical (unpaired) electrons. The Hall–Kier alpha value is -2.42. The van der Waals surface area contributed by atoms with Gasteiger partial charge in [-0.2, -0.15) is 0 Å². The lowest BCUT2D eigenvalue weighted by Crippen LogP contribution is -2.50. The largest absolute Gasteiger partial charge is 0.478 e. The quantitative estimate of drug-likeness (QED) is 0.278. The number of likely N-dealkylation sites (tertiary alicyclic amines) is 1. The Labute approximate surface area is 232 Å². The smallest absolute Gasteiger partial charge is 0.410 e. The number of benzene rings is 1. The highest BCUT2D eigenvalue weighted by atomic mass is 35.5. The number of hydrogen-bond acceptors (Lipinski definition) is 5. The highest BCUT2D eigenvalue weighted by Crippen LogP contribution is 2.44. The monoisotopic (exact) mass is 560 g/mol. The summed E-state index contributed by atoms with van der Waals surface area (Å²) in [6, 6.07) is 10.1. The molecule has 1 unspecified atom stereocenters. The predicted molar refractivity (Wildman–Crippen MR) is 152 cm³/mol. The number of halogens is 1. The van der Waals surface area contributed by atoms with E-state index in [1.54, 1.807) is 24.4 Å². The number of carbonyl (C=O) groups is 2. The van der Waals surface area contributed by atoms with Gasteiger partial charge in [-0.05, 0) is 81.9 Å². The van der Waals surface area contributed by atoms with E-state index in [0.717, 1.165) is 24.0 Å². The van der Waals surface area contributed by atoms with E-state index < -0.39 is 26.0 Å². The first-order valence-electron chi connectivity index (χ1n) is 13.1. The fourth-order valence-corrected chi connectivity index (χ4v) is 5.88. The maximum absolute atomic E-state index is 13.7. The van der Waals surface area contributed by atoms with Crippen LogP contribution in [-0.4, -0.2) is 53.1 Å². The number of nitrogens with zero attached hydrogens (tertiary/aromatic N) is 2. The van der Waals surface area contributed by atoms with Crippen LogP contribution in [-0.2, 0) is 15.6 Å². The minimum atomic E-state index is -2.25. The fourth-order valence-electron chi connectivity index (χ4n) is 4.48. The Morgan fingerprint density at radius 3 is 2.21 bits per heavy atom. The molecule has 2 aromatic rings. The summed E-state index contributed by atoms with van der Waals surface area (Å²) in [6.45, 7) is 16.6. The molecule has 0 spiro atoms. The minimum absolute atomic E-state index is 0.0360. The molecule has 3 rings (SSSR count). The summed E-state index contributed by atoms with van der Waals surface area (Å²) in [5, 5.41) is 9.63. The molecule has 1 aliphatic rings. The van der Waals surface area contributed by atoms with E-state index in [4.69, 9.17) is 20.8 Å². The molecule has 0 bridgehead atoms. The van der Waals surface area contributed by atoms with Crippen LogP contribution in [0.4, 0.5) is 4.79 Å². The molecule has 7 nitrogen and oxygen atoms in total. The lowest BCUT2D eigenvalue weighted by atomic mass is 10.0. The Morgan fingerprint density at radius 1 is 1.08 bits per heavy atom. The number of carboxylic acid groups (broad SMARTS) is 1. The van der Waals surface area contributed by atoms with Gasteiger partial charge in [0.25, 0.3) is 0 Å². The lowest BCUT2D eigenvalue weighted by Gasteiger charge is -2.43. The maximum Gasteiger partial charge on any atom is 0.410 e.